The van der Waals surface area contributed by atoms with Crippen molar-refractivity contribution in [2.24, 2.45) is 5.92 Å². The number of nitrogens with zero attached hydrogens (tertiary/aromatic N) is 1. The molecule has 0 bridgehead atoms. The number of hydrazine groups is 1. The molecule has 130 valence electrons. The Labute approximate surface area is 150 Å². The molecule has 0 aliphatic heterocycles. The highest BCUT2D eigenvalue weighted by atomic mass is 32.2. The molecule has 1 aliphatic carbocycles. The van der Waals surface area contributed by atoms with Gasteiger partial charge in [0.25, 0.3) is 15.9 Å². The Kier molecular flexibility index (Phi) is 4.90. The summed E-state index contributed by atoms with van der Waals surface area (Å²) < 4.78 is 24.6. The van der Waals surface area contributed by atoms with Gasteiger partial charge in [-0.15, -0.1) is 16.2 Å². The van der Waals surface area contributed by atoms with E-state index in [2.05, 4.69) is 17.2 Å². The first kappa shape index (κ1) is 17.6. The second-order valence-electron chi connectivity index (χ2n) is 6.07. The van der Waals surface area contributed by atoms with Gasteiger partial charge in [0.05, 0.1) is 10.4 Å². The maximum Gasteiger partial charge on any atom is 0.276 e. The predicted molar refractivity (Wildman–Crippen MR) is 94.5 cm³/mol. The van der Waals surface area contributed by atoms with Gasteiger partial charge in [0.1, 0.15) is 11.0 Å². The van der Waals surface area contributed by atoms with E-state index in [0.29, 0.717) is 10.8 Å². The summed E-state index contributed by atoms with van der Waals surface area (Å²) in [7, 11) is -4.02. The topological polar surface area (TPSA) is 99.1 Å². The lowest BCUT2D eigenvalue weighted by atomic mass is 9.90. The Bertz CT molecular complexity index is 958. The van der Waals surface area contributed by atoms with Gasteiger partial charge in [-0.1, -0.05) is 19.1 Å². The zero-order chi connectivity index (χ0) is 18.0. The molecule has 2 aromatic rings. The number of nitriles is 1. The maximum atomic E-state index is 12.3. The largest absolute Gasteiger partial charge is 0.276 e. The summed E-state index contributed by atoms with van der Waals surface area (Å²) in [5, 5.41) is 9.02. The minimum Gasteiger partial charge on any atom is -0.273 e. The molecule has 2 N–H and O–H groups in total. The molecule has 0 fully saturated rings. The fraction of sp³-hybridized carbons (Fsp3) is 0.294. The van der Waals surface area contributed by atoms with Gasteiger partial charge in [0.15, 0.2) is 0 Å². The van der Waals surface area contributed by atoms with Crippen molar-refractivity contribution in [2.45, 2.75) is 31.1 Å². The molecule has 1 amide bonds. The molecule has 1 atom stereocenters. The van der Waals surface area contributed by atoms with E-state index in [1.54, 1.807) is 6.07 Å². The lowest BCUT2D eigenvalue weighted by Crippen LogP contribution is -2.41. The Hall–Kier alpha value is -2.21. The van der Waals surface area contributed by atoms with Gasteiger partial charge in [-0.3, -0.25) is 10.2 Å². The van der Waals surface area contributed by atoms with Crippen molar-refractivity contribution in [1.82, 2.24) is 10.3 Å². The number of benzene rings is 1. The zero-order valence-electron chi connectivity index (χ0n) is 13.6. The number of rotatable bonds is 4. The number of carbonyl (C=O) groups is 1. The van der Waals surface area contributed by atoms with Gasteiger partial charge in [0, 0.05) is 4.88 Å². The summed E-state index contributed by atoms with van der Waals surface area (Å²) in [5.74, 6) is 0.101. The van der Waals surface area contributed by atoms with Crippen LogP contribution in [-0.2, 0) is 22.9 Å². The minimum atomic E-state index is -4.02. The average molecular weight is 375 g/mol. The SMILES string of the molecule is C[C@@H]1CCc2sc(C(=O)NNS(=O)(=O)c3ccccc3C#N)cc2C1. The van der Waals surface area contributed by atoms with Crippen LogP contribution >= 0.6 is 11.3 Å². The summed E-state index contributed by atoms with van der Waals surface area (Å²) in [6.07, 6.45) is 3.00. The molecular formula is C17H17N3O3S2. The first-order valence-corrected chi connectivity index (χ1v) is 10.1. The highest BCUT2D eigenvalue weighted by molar-refractivity contribution is 7.89. The van der Waals surface area contributed by atoms with Crippen LogP contribution in [0.15, 0.2) is 35.2 Å². The number of nitrogens with one attached hydrogen (secondary N) is 2. The standard InChI is InChI=1S/C17H17N3O3S2/c1-11-6-7-14-13(8-11)9-15(24-14)17(21)19-20-25(22,23)16-5-3-2-4-12(16)10-18/h2-5,9,11,20H,6-8H2,1H3,(H,19,21)/t11-/m1/s1. The molecule has 1 aromatic carbocycles. The fourth-order valence-corrected chi connectivity index (χ4v) is 4.94. The Morgan fingerprint density at radius 1 is 1.36 bits per heavy atom. The molecule has 1 aliphatic rings. The van der Waals surface area contributed by atoms with Crippen molar-refractivity contribution in [1.29, 1.82) is 5.26 Å². The molecule has 0 saturated heterocycles. The lowest BCUT2D eigenvalue weighted by Gasteiger charge is -2.16. The van der Waals surface area contributed by atoms with E-state index in [9.17, 15) is 13.2 Å². The summed E-state index contributed by atoms with van der Waals surface area (Å²) in [6, 6.07) is 9.49. The average Bonchev–Trinajstić information content (AvgIpc) is 3.03. The van der Waals surface area contributed by atoms with Crippen molar-refractivity contribution in [2.75, 3.05) is 0 Å². The molecular weight excluding hydrogens is 358 g/mol. The number of carbonyl (C=O) groups excluding carboxylic acids is 1. The fourth-order valence-electron chi connectivity index (χ4n) is 2.84. The molecule has 6 nitrogen and oxygen atoms in total. The van der Waals surface area contributed by atoms with E-state index in [1.807, 2.05) is 12.1 Å². The van der Waals surface area contributed by atoms with E-state index >= 15 is 0 Å². The van der Waals surface area contributed by atoms with Gasteiger partial charge < -0.3 is 0 Å². The number of sulfonamides is 1. The van der Waals surface area contributed by atoms with Crippen molar-refractivity contribution in [3.05, 3.63) is 51.2 Å². The Morgan fingerprint density at radius 3 is 2.88 bits per heavy atom. The van der Waals surface area contributed by atoms with Crippen LogP contribution < -0.4 is 10.3 Å². The zero-order valence-corrected chi connectivity index (χ0v) is 15.2. The number of thiophene rings is 1. The second-order valence-corrected chi connectivity index (χ2v) is 8.86. The van der Waals surface area contributed by atoms with Crippen LogP contribution in [0.2, 0.25) is 0 Å². The van der Waals surface area contributed by atoms with Crippen molar-refractivity contribution in [3.8, 4) is 6.07 Å². The van der Waals surface area contributed by atoms with Gasteiger partial charge in [-0.05, 0) is 48.9 Å². The van der Waals surface area contributed by atoms with Gasteiger partial charge in [-0.2, -0.15) is 5.26 Å². The minimum absolute atomic E-state index is 0.0184. The van der Waals surface area contributed by atoms with Gasteiger partial charge in [-0.25, -0.2) is 8.42 Å². The molecule has 0 radical (unpaired) electrons. The molecule has 0 spiro atoms. The van der Waals surface area contributed by atoms with Gasteiger partial charge in [0.2, 0.25) is 0 Å². The summed E-state index contributed by atoms with van der Waals surface area (Å²) in [4.78, 5) is 15.9. The molecule has 8 heteroatoms. The lowest BCUT2D eigenvalue weighted by molar-refractivity contribution is 0.0949. The normalized spacial score (nSPS) is 16.7. The first-order chi connectivity index (χ1) is 11.9. The molecule has 0 saturated carbocycles. The Balaban J connectivity index is 1.73. The van der Waals surface area contributed by atoms with E-state index in [1.165, 1.54) is 40.0 Å². The van der Waals surface area contributed by atoms with E-state index in [0.717, 1.165) is 19.3 Å². The van der Waals surface area contributed by atoms with Crippen LogP contribution in [0.3, 0.4) is 0 Å². The third-order valence-electron chi connectivity index (χ3n) is 4.15. The van der Waals surface area contributed by atoms with Crippen LogP contribution in [0.4, 0.5) is 0 Å². The molecule has 3 rings (SSSR count). The van der Waals surface area contributed by atoms with E-state index in [-0.39, 0.29) is 10.5 Å². The van der Waals surface area contributed by atoms with Crippen LogP contribution in [0.1, 0.15) is 39.0 Å². The summed E-state index contributed by atoms with van der Waals surface area (Å²) >= 11 is 1.40. The maximum absolute atomic E-state index is 12.3. The Morgan fingerprint density at radius 2 is 2.12 bits per heavy atom. The first-order valence-electron chi connectivity index (χ1n) is 7.83. The number of amides is 1. The number of fused-ring (bicyclic) bond motifs is 1. The van der Waals surface area contributed by atoms with Crippen LogP contribution in [-0.4, -0.2) is 14.3 Å². The van der Waals surface area contributed by atoms with E-state index < -0.39 is 15.9 Å². The van der Waals surface area contributed by atoms with Crippen LogP contribution in [0.25, 0.3) is 0 Å². The quantitative estimate of drug-likeness (QED) is 0.802. The van der Waals surface area contributed by atoms with E-state index in [4.69, 9.17) is 5.26 Å². The predicted octanol–water partition coefficient (Wildman–Crippen LogP) is 2.37. The van der Waals surface area contributed by atoms with Crippen LogP contribution in [0, 0.1) is 17.2 Å². The highest BCUT2D eigenvalue weighted by Gasteiger charge is 2.23. The number of hydrogen-bond acceptors (Lipinski definition) is 5. The van der Waals surface area contributed by atoms with Crippen LogP contribution in [0.5, 0.6) is 0 Å². The molecule has 1 heterocycles. The summed E-state index contributed by atoms with van der Waals surface area (Å²) in [5.41, 5.74) is 3.42. The molecule has 1 aromatic heterocycles. The highest BCUT2D eigenvalue weighted by Crippen LogP contribution is 2.32. The smallest absolute Gasteiger partial charge is 0.273 e. The molecule has 25 heavy (non-hydrogen) atoms. The third-order valence-corrected chi connectivity index (χ3v) is 6.69. The second kappa shape index (κ2) is 6.96. The van der Waals surface area contributed by atoms with Crippen molar-refractivity contribution in [3.63, 3.8) is 0 Å². The molecule has 0 unspecified atom stereocenters. The van der Waals surface area contributed by atoms with Crippen molar-refractivity contribution < 1.29 is 13.2 Å². The third kappa shape index (κ3) is 3.74. The monoisotopic (exact) mass is 375 g/mol. The van der Waals surface area contributed by atoms with Gasteiger partial charge >= 0.3 is 0 Å². The number of aryl methyl sites for hydroxylation is 1. The number of hydrogen-bond donors (Lipinski definition) is 2. The van der Waals surface area contributed by atoms with Crippen molar-refractivity contribution >= 4 is 27.3 Å². The summed E-state index contributed by atoms with van der Waals surface area (Å²) in [6.45, 7) is 2.18.